The Kier molecular flexibility index (Phi) is 5.77. The van der Waals surface area contributed by atoms with Crippen molar-refractivity contribution >= 4 is 23.3 Å². The normalized spacial score (nSPS) is 11.1. The van der Waals surface area contributed by atoms with Crippen LogP contribution < -0.4 is 15.6 Å². The fourth-order valence-corrected chi connectivity index (χ4v) is 3.10. The average Bonchev–Trinajstić information content (AvgIpc) is 2.80. The average molecular weight is 422 g/mol. The first kappa shape index (κ1) is 20.6. The van der Waals surface area contributed by atoms with Crippen molar-refractivity contribution in [3.8, 4) is 17.7 Å². The molecule has 2 aromatic heterocycles. The van der Waals surface area contributed by atoms with Crippen molar-refractivity contribution in [1.29, 1.82) is 5.26 Å². The summed E-state index contributed by atoms with van der Waals surface area (Å²) in [4.78, 5) is 30.3. The van der Waals surface area contributed by atoms with Gasteiger partial charge in [-0.15, -0.1) is 0 Å². The highest BCUT2D eigenvalue weighted by atomic mass is 16.5. The predicted octanol–water partition coefficient (Wildman–Crippen LogP) is 4.34. The van der Waals surface area contributed by atoms with Crippen LogP contribution in [0.3, 0.4) is 0 Å². The van der Waals surface area contributed by atoms with Crippen molar-refractivity contribution in [2.45, 2.75) is 6.92 Å². The first-order valence-electron chi connectivity index (χ1n) is 9.79. The summed E-state index contributed by atoms with van der Waals surface area (Å²) in [5.74, 6) is -0.165. The van der Waals surface area contributed by atoms with E-state index in [0.29, 0.717) is 17.1 Å². The number of carbonyl (C=O) groups is 1. The molecule has 4 aromatic rings. The third-order valence-corrected chi connectivity index (χ3v) is 4.62. The van der Waals surface area contributed by atoms with Crippen molar-refractivity contribution in [3.63, 3.8) is 0 Å². The molecule has 156 valence electrons. The van der Waals surface area contributed by atoms with E-state index < -0.39 is 11.5 Å². The van der Waals surface area contributed by atoms with E-state index in [4.69, 9.17) is 4.74 Å². The monoisotopic (exact) mass is 422 g/mol. The molecule has 0 radical (unpaired) electrons. The smallest absolute Gasteiger partial charge is 0.269 e. The van der Waals surface area contributed by atoms with E-state index in [1.807, 2.05) is 25.1 Å². The molecular formula is C25H18N4O3. The van der Waals surface area contributed by atoms with Crippen molar-refractivity contribution in [1.82, 2.24) is 9.38 Å². The van der Waals surface area contributed by atoms with Gasteiger partial charge in [-0.2, -0.15) is 10.2 Å². The maximum Gasteiger partial charge on any atom is 0.269 e. The van der Waals surface area contributed by atoms with Gasteiger partial charge in [0.1, 0.15) is 28.6 Å². The van der Waals surface area contributed by atoms with Crippen LogP contribution in [0.1, 0.15) is 11.1 Å². The third kappa shape index (κ3) is 4.40. The van der Waals surface area contributed by atoms with Crippen molar-refractivity contribution in [2.75, 3.05) is 5.32 Å². The number of ether oxygens (including phenoxy) is 1. The highest BCUT2D eigenvalue weighted by molar-refractivity contribution is 6.09. The van der Waals surface area contributed by atoms with Crippen LogP contribution in [-0.2, 0) is 4.79 Å². The minimum atomic E-state index is -0.638. The standard InChI is InChI=1S/C25H18N4O3/c1-17-8-7-9-19(14-17)27-23(30)18(16-26)15-21-24(32-20-10-3-2-4-11-20)28-22-12-5-6-13-29(22)25(21)31/h2-15H,1H3,(H,27,30). The summed E-state index contributed by atoms with van der Waals surface area (Å²) in [6.45, 7) is 1.89. The number of nitriles is 1. The molecule has 2 heterocycles. The van der Waals surface area contributed by atoms with Crippen LogP contribution in [0.2, 0.25) is 0 Å². The number of hydrogen-bond donors (Lipinski definition) is 1. The molecule has 0 unspecified atom stereocenters. The zero-order valence-corrected chi connectivity index (χ0v) is 17.1. The third-order valence-electron chi connectivity index (χ3n) is 4.62. The van der Waals surface area contributed by atoms with Gasteiger partial charge < -0.3 is 10.1 Å². The molecule has 0 fully saturated rings. The van der Waals surface area contributed by atoms with Crippen LogP contribution in [0.15, 0.2) is 89.4 Å². The molecule has 7 nitrogen and oxygen atoms in total. The van der Waals surface area contributed by atoms with Crippen LogP contribution in [-0.4, -0.2) is 15.3 Å². The quantitative estimate of drug-likeness (QED) is 0.381. The molecular weight excluding hydrogens is 404 g/mol. The molecule has 1 N–H and O–H groups in total. The topological polar surface area (TPSA) is 96.5 Å². The van der Waals surface area contributed by atoms with Gasteiger partial charge in [-0.25, -0.2) is 0 Å². The summed E-state index contributed by atoms with van der Waals surface area (Å²) in [6, 6.07) is 23.0. The SMILES string of the molecule is Cc1cccc(NC(=O)C(C#N)=Cc2c(Oc3ccccc3)nc3ccccn3c2=O)c1. The number of carbonyl (C=O) groups excluding carboxylic acids is 1. The van der Waals surface area contributed by atoms with Gasteiger partial charge in [0, 0.05) is 11.9 Å². The van der Waals surface area contributed by atoms with E-state index in [9.17, 15) is 14.9 Å². The van der Waals surface area contributed by atoms with E-state index >= 15 is 0 Å². The number of pyridine rings is 1. The second kappa shape index (κ2) is 8.98. The Bertz CT molecular complexity index is 1430. The number of hydrogen-bond acceptors (Lipinski definition) is 5. The zero-order valence-electron chi connectivity index (χ0n) is 17.1. The number of amides is 1. The first-order valence-corrected chi connectivity index (χ1v) is 9.79. The summed E-state index contributed by atoms with van der Waals surface area (Å²) >= 11 is 0. The largest absolute Gasteiger partial charge is 0.438 e. The highest BCUT2D eigenvalue weighted by Crippen LogP contribution is 2.24. The highest BCUT2D eigenvalue weighted by Gasteiger charge is 2.17. The molecule has 32 heavy (non-hydrogen) atoms. The predicted molar refractivity (Wildman–Crippen MR) is 121 cm³/mol. The van der Waals surface area contributed by atoms with Crippen LogP contribution in [0.25, 0.3) is 11.7 Å². The number of aryl methyl sites for hydroxylation is 1. The molecule has 1 amide bonds. The maximum absolute atomic E-state index is 13.2. The first-order chi connectivity index (χ1) is 15.5. The summed E-state index contributed by atoms with van der Waals surface area (Å²) in [5, 5.41) is 12.3. The van der Waals surface area contributed by atoms with Crippen LogP contribution in [0, 0.1) is 18.3 Å². The lowest BCUT2D eigenvalue weighted by Gasteiger charge is -2.10. The minimum absolute atomic E-state index is 0.00325. The summed E-state index contributed by atoms with van der Waals surface area (Å²) in [6.07, 6.45) is 2.77. The van der Waals surface area contributed by atoms with E-state index in [1.165, 1.54) is 10.5 Å². The van der Waals surface area contributed by atoms with Crippen molar-refractivity contribution in [3.05, 3.63) is 106 Å². The lowest BCUT2D eigenvalue weighted by Crippen LogP contribution is -2.20. The van der Waals surface area contributed by atoms with E-state index in [0.717, 1.165) is 5.56 Å². The molecule has 2 aromatic carbocycles. The van der Waals surface area contributed by atoms with Crippen LogP contribution in [0.4, 0.5) is 5.69 Å². The number of aromatic nitrogens is 2. The molecule has 4 rings (SSSR count). The number of para-hydroxylation sites is 1. The van der Waals surface area contributed by atoms with E-state index in [2.05, 4.69) is 10.3 Å². The molecule has 0 aliphatic heterocycles. The molecule has 0 atom stereocenters. The summed E-state index contributed by atoms with van der Waals surface area (Å²) < 4.78 is 7.18. The lowest BCUT2D eigenvalue weighted by atomic mass is 10.1. The Morgan fingerprint density at radius 2 is 1.88 bits per heavy atom. The fourth-order valence-electron chi connectivity index (χ4n) is 3.10. The van der Waals surface area contributed by atoms with Gasteiger partial charge in [0.15, 0.2) is 0 Å². The van der Waals surface area contributed by atoms with E-state index in [1.54, 1.807) is 66.9 Å². The summed E-state index contributed by atoms with van der Waals surface area (Å²) in [7, 11) is 0. The molecule has 0 bridgehead atoms. The molecule has 0 saturated heterocycles. The summed E-state index contributed by atoms with van der Waals surface area (Å²) in [5.41, 5.74) is 1.17. The van der Waals surface area contributed by atoms with Crippen molar-refractivity contribution < 1.29 is 9.53 Å². The fraction of sp³-hybridized carbons (Fsp3) is 0.0400. The molecule has 0 aliphatic carbocycles. The van der Waals surface area contributed by atoms with Crippen LogP contribution >= 0.6 is 0 Å². The lowest BCUT2D eigenvalue weighted by molar-refractivity contribution is -0.112. The van der Waals surface area contributed by atoms with Gasteiger partial charge in [0.05, 0.1) is 0 Å². The Labute approximate surface area is 183 Å². The van der Waals surface area contributed by atoms with Gasteiger partial charge in [-0.05, 0) is 55.0 Å². The number of rotatable bonds is 5. The minimum Gasteiger partial charge on any atom is -0.438 e. The molecule has 0 aliphatic rings. The second-order valence-corrected chi connectivity index (χ2v) is 6.97. The van der Waals surface area contributed by atoms with Gasteiger partial charge in [0.2, 0.25) is 5.88 Å². The molecule has 7 heteroatoms. The Balaban J connectivity index is 1.80. The number of anilines is 1. The Morgan fingerprint density at radius 1 is 1.09 bits per heavy atom. The maximum atomic E-state index is 13.2. The van der Waals surface area contributed by atoms with Crippen LogP contribution in [0.5, 0.6) is 11.6 Å². The van der Waals surface area contributed by atoms with E-state index in [-0.39, 0.29) is 17.0 Å². The number of fused-ring (bicyclic) bond motifs is 1. The molecule has 0 saturated carbocycles. The number of nitrogens with one attached hydrogen (secondary N) is 1. The van der Waals surface area contributed by atoms with Crippen molar-refractivity contribution in [2.24, 2.45) is 0 Å². The number of benzene rings is 2. The van der Waals surface area contributed by atoms with Gasteiger partial charge in [-0.3, -0.25) is 14.0 Å². The van der Waals surface area contributed by atoms with Gasteiger partial charge in [-0.1, -0.05) is 36.4 Å². The second-order valence-electron chi connectivity index (χ2n) is 6.97. The van der Waals surface area contributed by atoms with Gasteiger partial charge in [0.25, 0.3) is 11.5 Å². The van der Waals surface area contributed by atoms with Gasteiger partial charge >= 0.3 is 0 Å². The Hall–Kier alpha value is -4.70. The molecule has 0 spiro atoms. The Morgan fingerprint density at radius 3 is 2.62 bits per heavy atom. The number of nitrogens with zero attached hydrogens (tertiary/aromatic N) is 3. The zero-order chi connectivity index (χ0) is 22.5.